The number of amides is 2. The van der Waals surface area contributed by atoms with Gasteiger partial charge < -0.3 is 15.4 Å². The fourth-order valence-corrected chi connectivity index (χ4v) is 1.89. The van der Waals surface area contributed by atoms with Crippen molar-refractivity contribution in [2.45, 2.75) is 19.8 Å². The molecule has 2 N–H and O–H groups in total. The molecular formula is C15H15F3N4O3. The van der Waals surface area contributed by atoms with Crippen molar-refractivity contribution in [2.75, 3.05) is 11.9 Å². The van der Waals surface area contributed by atoms with E-state index in [4.69, 9.17) is 0 Å². The van der Waals surface area contributed by atoms with Crippen LogP contribution in [0.4, 0.5) is 23.7 Å². The number of nitrogens with one attached hydrogen (secondary N) is 2. The highest BCUT2D eigenvalue weighted by atomic mass is 19.4. The van der Waals surface area contributed by atoms with Gasteiger partial charge in [-0.15, -0.1) is 13.2 Å². The zero-order valence-corrected chi connectivity index (χ0v) is 13.1. The molecule has 0 fully saturated rings. The number of hydrogen-bond acceptors (Lipinski definition) is 4. The molecule has 0 atom stereocenters. The van der Waals surface area contributed by atoms with Gasteiger partial charge >= 0.3 is 12.4 Å². The maximum Gasteiger partial charge on any atom is 0.573 e. The molecule has 0 spiro atoms. The van der Waals surface area contributed by atoms with E-state index in [0.717, 1.165) is 12.1 Å². The largest absolute Gasteiger partial charge is 0.573 e. The molecule has 0 saturated heterocycles. The van der Waals surface area contributed by atoms with Crippen molar-refractivity contribution in [1.82, 2.24) is 14.9 Å². The summed E-state index contributed by atoms with van der Waals surface area (Å²) >= 11 is 0. The zero-order chi connectivity index (χ0) is 18.4. The van der Waals surface area contributed by atoms with Gasteiger partial charge in [0.1, 0.15) is 5.75 Å². The summed E-state index contributed by atoms with van der Waals surface area (Å²) in [6, 6.07) is 5.54. The normalized spacial score (nSPS) is 11.0. The van der Waals surface area contributed by atoms with E-state index in [2.05, 4.69) is 20.4 Å². The van der Waals surface area contributed by atoms with Gasteiger partial charge in [0.2, 0.25) is 0 Å². The third-order valence-electron chi connectivity index (χ3n) is 3.00. The number of urea groups is 1. The van der Waals surface area contributed by atoms with Gasteiger partial charge in [-0.1, -0.05) is 0 Å². The van der Waals surface area contributed by atoms with Crippen molar-refractivity contribution < 1.29 is 22.7 Å². The minimum absolute atomic E-state index is 0.172. The molecule has 25 heavy (non-hydrogen) atoms. The van der Waals surface area contributed by atoms with Crippen molar-refractivity contribution in [2.24, 2.45) is 0 Å². The molecule has 0 aliphatic heterocycles. The van der Waals surface area contributed by atoms with Crippen molar-refractivity contribution >= 4 is 11.7 Å². The number of rotatable bonds is 5. The van der Waals surface area contributed by atoms with Crippen LogP contribution >= 0.6 is 0 Å². The SMILES string of the molecule is Cc1cc(=O)n(CCNC(=O)Nc2ccc(OC(F)(F)F)cc2)cn1. The second kappa shape index (κ2) is 7.69. The van der Waals surface area contributed by atoms with Crippen LogP contribution in [-0.2, 0) is 6.54 Å². The molecule has 2 rings (SSSR count). The molecule has 0 aliphatic carbocycles. The molecule has 1 aromatic carbocycles. The van der Waals surface area contributed by atoms with Gasteiger partial charge in [-0.2, -0.15) is 0 Å². The Kier molecular flexibility index (Phi) is 5.63. The van der Waals surface area contributed by atoms with Crippen LogP contribution in [0.5, 0.6) is 5.75 Å². The van der Waals surface area contributed by atoms with E-state index in [0.29, 0.717) is 11.4 Å². The van der Waals surface area contributed by atoms with Crippen molar-refractivity contribution in [3.63, 3.8) is 0 Å². The third kappa shape index (κ3) is 6.16. The Hall–Kier alpha value is -3.04. The van der Waals surface area contributed by atoms with E-state index >= 15 is 0 Å². The van der Waals surface area contributed by atoms with E-state index in [-0.39, 0.29) is 24.4 Å². The summed E-state index contributed by atoms with van der Waals surface area (Å²) < 4.78 is 41.2. The van der Waals surface area contributed by atoms with Gasteiger partial charge in [-0.3, -0.25) is 9.36 Å². The summed E-state index contributed by atoms with van der Waals surface area (Å²) in [6.45, 7) is 2.10. The van der Waals surface area contributed by atoms with Crippen LogP contribution in [0.1, 0.15) is 5.69 Å². The number of ether oxygens (including phenoxy) is 1. The summed E-state index contributed by atoms with van der Waals surface area (Å²) in [5.41, 5.74) is 0.668. The third-order valence-corrected chi connectivity index (χ3v) is 3.00. The van der Waals surface area contributed by atoms with E-state index in [1.807, 2.05) is 0 Å². The number of benzene rings is 1. The summed E-state index contributed by atoms with van der Waals surface area (Å²) in [6.07, 6.45) is -3.38. The summed E-state index contributed by atoms with van der Waals surface area (Å²) in [4.78, 5) is 27.3. The number of aryl methyl sites for hydroxylation is 1. The first-order valence-corrected chi connectivity index (χ1v) is 7.17. The van der Waals surface area contributed by atoms with Crippen LogP contribution in [0.3, 0.4) is 0 Å². The number of carbonyl (C=O) groups is 1. The number of aromatic nitrogens is 2. The molecular weight excluding hydrogens is 341 g/mol. The second-order valence-corrected chi connectivity index (χ2v) is 5.02. The molecule has 2 aromatic rings. The molecule has 0 radical (unpaired) electrons. The highest BCUT2D eigenvalue weighted by molar-refractivity contribution is 5.89. The standard InChI is InChI=1S/C15H15F3N4O3/c1-10-8-13(23)22(9-20-10)7-6-19-14(24)21-11-2-4-12(5-3-11)25-15(16,17)18/h2-5,8-9H,6-7H2,1H3,(H2,19,21,24). The van der Waals surface area contributed by atoms with E-state index in [9.17, 15) is 22.8 Å². The van der Waals surface area contributed by atoms with Crippen molar-refractivity contribution in [3.8, 4) is 5.75 Å². The molecule has 1 aromatic heterocycles. The summed E-state index contributed by atoms with van der Waals surface area (Å²) in [7, 11) is 0. The molecule has 0 saturated carbocycles. The molecule has 134 valence electrons. The number of halogens is 3. The van der Waals surface area contributed by atoms with Gasteiger partial charge in [0.15, 0.2) is 0 Å². The Morgan fingerprint density at radius 1 is 1.28 bits per heavy atom. The number of nitrogens with zero attached hydrogens (tertiary/aromatic N) is 2. The van der Waals surface area contributed by atoms with Crippen LogP contribution in [0, 0.1) is 6.92 Å². The highest BCUT2D eigenvalue weighted by Gasteiger charge is 2.30. The fraction of sp³-hybridized carbons (Fsp3) is 0.267. The van der Waals surface area contributed by atoms with Crippen LogP contribution in [0.2, 0.25) is 0 Å². The fourth-order valence-electron chi connectivity index (χ4n) is 1.89. The lowest BCUT2D eigenvalue weighted by Crippen LogP contribution is -2.33. The Balaban J connectivity index is 1.81. The topological polar surface area (TPSA) is 85.2 Å². The van der Waals surface area contributed by atoms with Gasteiger partial charge in [0.25, 0.3) is 5.56 Å². The van der Waals surface area contributed by atoms with Crippen LogP contribution < -0.4 is 20.9 Å². The Morgan fingerprint density at radius 2 is 1.96 bits per heavy atom. The molecule has 0 aliphatic rings. The lowest BCUT2D eigenvalue weighted by atomic mass is 10.3. The Labute approximate surface area is 140 Å². The second-order valence-electron chi connectivity index (χ2n) is 5.02. The number of anilines is 1. The smallest absolute Gasteiger partial charge is 0.406 e. The summed E-state index contributed by atoms with van der Waals surface area (Å²) in [5.74, 6) is -0.385. The average Bonchev–Trinajstić information content (AvgIpc) is 2.50. The number of carbonyl (C=O) groups excluding carboxylic acids is 1. The predicted octanol–water partition coefficient (Wildman–Crippen LogP) is 2.27. The Bertz CT molecular complexity index is 788. The quantitative estimate of drug-likeness (QED) is 0.861. The van der Waals surface area contributed by atoms with Gasteiger partial charge in [0.05, 0.1) is 6.33 Å². The average molecular weight is 356 g/mol. The minimum atomic E-state index is -4.77. The van der Waals surface area contributed by atoms with Gasteiger partial charge in [-0.25, -0.2) is 9.78 Å². The maximum absolute atomic E-state index is 12.1. The number of hydrogen-bond donors (Lipinski definition) is 2. The van der Waals surface area contributed by atoms with Gasteiger partial charge in [0, 0.05) is 30.5 Å². The van der Waals surface area contributed by atoms with E-state index in [1.165, 1.54) is 29.1 Å². The highest BCUT2D eigenvalue weighted by Crippen LogP contribution is 2.23. The van der Waals surface area contributed by atoms with Crippen LogP contribution in [0.15, 0.2) is 41.5 Å². The predicted molar refractivity (Wildman–Crippen MR) is 83.4 cm³/mol. The van der Waals surface area contributed by atoms with E-state index < -0.39 is 12.4 Å². The first-order chi connectivity index (χ1) is 11.7. The van der Waals surface area contributed by atoms with E-state index in [1.54, 1.807) is 6.92 Å². The lowest BCUT2D eigenvalue weighted by molar-refractivity contribution is -0.274. The van der Waals surface area contributed by atoms with Crippen molar-refractivity contribution in [3.05, 3.63) is 52.7 Å². The summed E-state index contributed by atoms with van der Waals surface area (Å²) in [5, 5.41) is 4.98. The number of alkyl halides is 3. The molecule has 10 heteroatoms. The Morgan fingerprint density at radius 3 is 2.56 bits per heavy atom. The molecule has 0 bridgehead atoms. The minimum Gasteiger partial charge on any atom is -0.406 e. The molecule has 0 unspecified atom stereocenters. The zero-order valence-electron chi connectivity index (χ0n) is 13.1. The van der Waals surface area contributed by atoms with Crippen molar-refractivity contribution in [1.29, 1.82) is 0 Å². The molecule has 1 heterocycles. The maximum atomic E-state index is 12.1. The monoisotopic (exact) mass is 356 g/mol. The van der Waals surface area contributed by atoms with Crippen LogP contribution in [0.25, 0.3) is 0 Å². The lowest BCUT2D eigenvalue weighted by Gasteiger charge is -2.11. The first-order valence-electron chi connectivity index (χ1n) is 7.17. The first kappa shape index (κ1) is 18.3. The van der Waals surface area contributed by atoms with Gasteiger partial charge in [-0.05, 0) is 31.2 Å². The molecule has 7 nitrogen and oxygen atoms in total. The molecule has 2 amide bonds. The van der Waals surface area contributed by atoms with Crippen LogP contribution in [-0.4, -0.2) is 28.5 Å².